The maximum Gasteiger partial charge on any atom is 0.252 e. The molecule has 29 heavy (non-hydrogen) atoms. The molecule has 3 rings (SSSR count). The van der Waals surface area contributed by atoms with Gasteiger partial charge in [-0.3, -0.25) is 4.79 Å². The number of benzene rings is 2. The molecule has 0 saturated carbocycles. The zero-order valence-electron chi connectivity index (χ0n) is 16.8. The molecule has 7 nitrogen and oxygen atoms in total. The van der Waals surface area contributed by atoms with E-state index in [1.54, 1.807) is 26.2 Å². The van der Waals surface area contributed by atoms with Crippen LogP contribution in [0.25, 0.3) is 0 Å². The van der Waals surface area contributed by atoms with Crippen LogP contribution in [0, 0.1) is 6.92 Å². The lowest BCUT2D eigenvalue weighted by Crippen LogP contribution is -2.40. The number of nitrogens with one attached hydrogen (secondary N) is 1. The van der Waals surface area contributed by atoms with Gasteiger partial charge in [0.25, 0.3) is 5.91 Å². The summed E-state index contributed by atoms with van der Waals surface area (Å²) in [5, 5.41) is 2.94. The lowest BCUT2D eigenvalue weighted by Gasteiger charge is -2.26. The van der Waals surface area contributed by atoms with Crippen LogP contribution in [0.5, 0.6) is 5.75 Å². The Labute approximate surface area is 171 Å². The molecule has 0 radical (unpaired) electrons. The highest BCUT2D eigenvalue weighted by molar-refractivity contribution is 7.89. The number of hydrogen-bond acceptors (Lipinski definition) is 5. The molecular formula is C21H26N2O5S. The Morgan fingerprint density at radius 3 is 2.41 bits per heavy atom. The van der Waals surface area contributed by atoms with Gasteiger partial charge in [0.15, 0.2) is 0 Å². The third-order valence-corrected chi connectivity index (χ3v) is 6.92. The fourth-order valence-electron chi connectivity index (χ4n) is 3.19. The number of carbonyl (C=O) groups excluding carboxylic acids is 1. The summed E-state index contributed by atoms with van der Waals surface area (Å²) >= 11 is 0. The summed E-state index contributed by atoms with van der Waals surface area (Å²) in [6.07, 6.45) is 0. The minimum atomic E-state index is -3.66. The van der Waals surface area contributed by atoms with Crippen molar-refractivity contribution in [3.05, 3.63) is 59.2 Å². The molecule has 8 heteroatoms. The quantitative estimate of drug-likeness (QED) is 0.779. The molecular weight excluding hydrogens is 392 g/mol. The van der Waals surface area contributed by atoms with Crippen LogP contribution < -0.4 is 10.1 Å². The highest BCUT2D eigenvalue weighted by atomic mass is 32.2. The lowest BCUT2D eigenvalue weighted by molar-refractivity contribution is 0.0730. The zero-order chi connectivity index (χ0) is 21.0. The van der Waals surface area contributed by atoms with Crippen LogP contribution in [0.4, 0.5) is 0 Å². The van der Waals surface area contributed by atoms with E-state index in [1.165, 1.54) is 10.4 Å². The maximum atomic E-state index is 12.9. The summed E-state index contributed by atoms with van der Waals surface area (Å²) in [4.78, 5) is 13.0. The van der Waals surface area contributed by atoms with Crippen molar-refractivity contribution in [2.45, 2.75) is 24.8 Å². The summed E-state index contributed by atoms with van der Waals surface area (Å²) < 4.78 is 37.6. The number of nitrogens with zero attached hydrogens (tertiary/aromatic N) is 1. The number of morpholine rings is 1. The molecule has 0 aliphatic carbocycles. The Bertz CT molecular complexity index is 967. The van der Waals surface area contributed by atoms with Gasteiger partial charge in [0.05, 0.1) is 31.3 Å². The fraction of sp³-hybridized carbons (Fsp3) is 0.381. The second-order valence-corrected chi connectivity index (χ2v) is 8.90. The van der Waals surface area contributed by atoms with Gasteiger partial charge >= 0.3 is 0 Å². The van der Waals surface area contributed by atoms with E-state index in [0.717, 1.165) is 11.3 Å². The van der Waals surface area contributed by atoms with Crippen molar-refractivity contribution in [2.75, 3.05) is 33.4 Å². The van der Waals surface area contributed by atoms with E-state index in [0.29, 0.717) is 37.4 Å². The van der Waals surface area contributed by atoms with Crippen molar-refractivity contribution < 1.29 is 22.7 Å². The second-order valence-electron chi connectivity index (χ2n) is 6.96. The largest absolute Gasteiger partial charge is 0.497 e. The van der Waals surface area contributed by atoms with Crippen molar-refractivity contribution in [1.29, 1.82) is 0 Å². The van der Waals surface area contributed by atoms with E-state index in [1.807, 2.05) is 31.2 Å². The molecule has 1 aliphatic rings. The molecule has 0 spiro atoms. The minimum Gasteiger partial charge on any atom is -0.497 e. The standard InChI is InChI=1S/C21H26N2O5S/c1-15-4-9-19(29(25,26)23-10-12-28-13-11-23)14-20(15)21(24)22-16(2)17-5-7-18(27-3)8-6-17/h4-9,14,16H,10-13H2,1-3H3,(H,22,24)/t16-/m0/s1. The summed E-state index contributed by atoms with van der Waals surface area (Å²) in [6, 6.07) is 11.9. The molecule has 1 N–H and O–H groups in total. The van der Waals surface area contributed by atoms with Gasteiger partial charge in [-0.2, -0.15) is 4.31 Å². The summed E-state index contributed by atoms with van der Waals surface area (Å²) in [5.41, 5.74) is 1.99. The van der Waals surface area contributed by atoms with Crippen LogP contribution in [0.1, 0.15) is 34.5 Å². The van der Waals surface area contributed by atoms with Gasteiger partial charge < -0.3 is 14.8 Å². The number of carbonyl (C=O) groups is 1. The molecule has 0 bridgehead atoms. The predicted molar refractivity (Wildman–Crippen MR) is 110 cm³/mol. The molecule has 2 aromatic rings. The number of methoxy groups -OCH3 is 1. The Kier molecular flexibility index (Phi) is 6.56. The van der Waals surface area contributed by atoms with Gasteiger partial charge in [-0.05, 0) is 49.2 Å². The highest BCUT2D eigenvalue weighted by Crippen LogP contribution is 2.22. The number of amides is 1. The number of aryl methyl sites for hydroxylation is 1. The van der Waals surface area contributed by atoms with Gasteiger partial charge in [-0.1, -0.05) is 18.2 Å². The number of hydrogen-bond donors (Lipinski definition) is 1. The second kappa shape index (κ2) is 8.94. The first-order chi connectivity index (χ1) is 13.8. The van der Waals surface area contributed by atoms with Gasteiger partial charge in [0.1, 0.15) is 5.75 Å². The summed E-state index contributed by atoms with van der Waals surface area (Å²) in [7, 11) is -2.07. The molecule has 1 fully saturated rings. The van der Waals surface area contributed by atoms with Crippen LogP contribution in [-0.4, -0.2) is 52.0 Å². The summed E-state index contributed by atoms with van der Waals surface area (Å²) in [6.45, 7) is 5.04. The van der Waals surface area contributed by atoms with E-state index >= 15 is 0 Å². The first kappa shape index (κ1) is 21.3. The number of sulfonamides is 1. The Balaban J connectivity index is 1.80. The SMILES string of the molecule is COc1ccc([C@H](C)NC(=O)c2cc(S(=O)(=O)N3CCOCC3)ccc2C)cc1. The van der Waals surface area contributed by atoms with Crippen molar-refractivity contribution >= 4 is 15.9 Å². The lowest BCUT2D eigenvalue weighted by atomic mass is 10.1. The third kappa shape index (κ3) is 4.77. The van der Waals surface area contributed by atoms with E-state index in [9.17, 15) is 13.2 Å². The average Bonchev–Trinajstić information content (AvgIpc) is 2.74. The van der Waals surface area contributed by atoms with E-state index in [-0.39, 0.29) is 16.8 Å². The third-order valence-electron chi connectivity index (χ3n) is 5.02. The molecule has 0 unspecified atom stereocenters. The van der Waals surface area contributed by atoms with E-state index < -0.39 is 10.0 Å². The zero-order valence-corrected chi connectivity index (χ0v) is 17.7. The maximum absolute atomic E-state index is 12.9. The Hall–Kier alpha value is -2.42. The Morgan fingerprint density at radius 1 is 1.14 bits per heavy atom. The molecule has 1 aliphatic heterocycles. The van der Waals surface area contributed by atoms with Gasteiger partial charge in [0.2, 0.25) is 10.0 Å². The van der Waals surface area contributed by atoms with Crippen LogP contribution in [0.3, 0.4) is 0 Å². The van der Waals surface area contributed by atoms with Crippen LogP contribution in [0.2, 0.25) is 0 Å². The fourth-order valence-corrected chi connectivity index (χ4v) is 4.63. The molecule has 1 amide bonds. The van der Waals surface area contributed by atoms with Crippen LogP contribution >= 0.6 is 0 Å². The molecule has 0 aromatic heterocycles. The first-order valence-electron chi connectivity index (χ1n) is 9.46. The monoisotopic (exact) mass is 418 g/mol. The Morgan fingerprint density at radius 2 is 1.79 bits per heavy atom. The number of rotatable bonds is 6. The smallest absolute Gasteiger partial charge is 0.252 e. The summed E-state index contributed by atoms with van der Waals surface area (Å²) in [5.74, 6) is 0.425. The molecule has 1 atom stereocenters. The average molecular weight is 419 g/mol. The van der Waals surface area contributed by atoms with Crippen molar-refractivity contribution in [1.82, 2.24) is 9.62 Å². The highest BCUT2D eigenvalue weighted by Gasteiger charge is 2.27. The minimum absolute atomic E-state index is 0.118. The number of ether oxygens (including phenoxy) is 2. The van der Waals surface area contributed by atoms with Crippen molar-refractivity contribution in [2.24, 2.45) is 0 Å². The van der Waals surface area contributed by atoms with Crippen LogP contribution in [-0.2, 0) is 14.8 Å². The topological polar surface area (TPSA) is 84.9 Å². The molecule has 1 heterocycles. The normalized spacial score (nSPS) is 16.2. The molecule has 1 saturated heterocycles. The van der Waals surface area contributed by atoms with Gasteiger partial charge in [-0.25, -0.2) is 8.42 Å². The molecule has 2 aromatic carbocycles. The van der Waals surface area contributed by atoms with Crippen molar-refractivity contribution in [3.63, 3.8) is 0 Å². The van der Waals surface area contributed by atoms with E-state index in [2.05, 4.69) is 5.32 Å². The van der Waals surface area contributed by atoms with Crippen LogP contribution in [0.15, 0.2) is 47.4 Å². The van der Waals surface area contributed by atoms with Gasteiger partial charge in [-0.15, -0.1) is 0 Å². The van der Waals surface area contributed by atoms with Gasteiger partial charge in [0, 0.05) is 18.7 Å². The predicted octanol–water partition coefficient (Wildman–Crippen LogP) is 2.52. The van der Waals surface area contributed by atoms with Crippen molar-refractivity contribution in [3.8, 4) is 5.75 Å². The first-order valence-corrected chi connectivity index (χ1v) is 10.9. The van der Waals surface area contributed by atoms with E-state index in [4.69, 9.17) is 9.47 Å². The molecule has 156 valence electrons.